The van der Waals surface area contributed by atoms with E-state index in [4.69, 9.17) is 4.74 Å². The SMILES string of the molecule is CN=C(NCC(=O)NC(C)(C)C)NCc1ccc(OCC(C)C)cc1. The van der Waals surface area contributed by atoms with Crippen LogP contribution in [0.25, 0.3) is 0 Å². The molecule has 1 aromatic rings. The van der Waals surface area contributed by atoms with Crippen LogP contribution in [0.1, 0.15) is 40.2 Å². The molecule has 0 aromatic heterocycles. The summed E-state index contributed by atoms with van der Waals surface area (Å²) in [5.74, 6) is 1.90. The molecule has 0 heterocycles. The molecule has 1 aromatic carbocycles. The van der Waals surface area contributed by atoms with Crippen LogP contribution in [0.15, 0.2) is 29.3 Å². The molecule has 0 unspecified atom stereocenters. The number of aliphatic imine (C=N–C) groups is 1. The number of carbonyl (C=O) groups excluding carboxylic acids is 1. The van der Waals surface area contributed by atoms with Crippen molar-refractivity contribution in [3.8, 4) is 5.75 Å². The van der Waals surface area contributed by atoms with Gasteiger partial charge in [0.15, 0.2) is 5.96 Å². The Hall–Kier alpha value is -2.24. The third-order valence-corrected chi connectivity index (χ3v) is 3.12. The van der Waals surface area contributed by atoms with Gasteiger partial charge in [0.1, 0.15) is 5.75 Å². The molecule has 1 rings (SSSR count). The van der Waals surface area contributed by atoms with Crippen LogP contribution >= 0.6 is 0 Å². The molecule has 0 bridgehead atoms. The quantitative estimate of drug-likeness (QED) is 0.522. The Morgan fingerprint density at radius 2 is 1.80 bits per heavy atom. The zero-order valence-corrected chi connectivity index (χ0v) is 16.3. The number of nitrogens with zero attached hydrogens (tertiary/aromatic N) is 1. The minimum absolute atomic E-state index is 0.0675. The van der Waals surface area contributed by atoms with Crippen LogP contribution in [0.2, 0.25) is 0 Å². The molecule has 0 spiro atoms. The first-order valence-electron chi connectivity index (χ1n) is 8.67. The second-order valence-electron chi connectivity index (χ2n) is 7.43. The van der Waals surface area contributed by atoms with E-state index >= 15 is 0 Å². The fraction of sp³-hybridized carbons (Fsp3) is 0.579. The molecular formula is C19H32N4O2. The molecule has 0 radical (unpaired) electrons. The Morgan fingerprint density at radius 3 is 2.32 bits per heavy atom. The molecule has 140 valence electrons. The first kappa shape index (κ1) is 20.8. The summed E-state index contributed by atoms with van der Waals surface area (Å²) in [7, 11) is 1.68. The Kier molecular flexibility index (Phi) is 8.25. The minimum atomic E-state index is -0.241. The highest BCUT2D eigenvalue weighted by molar-refractivity contribution is 5.86. The van der Waals surface area contributed by atoms with E-state index in [9.17, 15) is 4.79 Å². The Labute approximate surface area is 151 Å². The maximum absolute atomic E-state index is 11.8. The average Bonchev–Trinajstić information content (AvgIpc) is 2.52. The first-order chi connectivity index (χ1) is 11.7. The third-order valence-electron chi connectivity index (χ3n) is 3.12. The van der Waals surface area contributed by atoms with Gasteiger partial charge in [-0.25, -0.2) is 0 Å². The number of nitrogens with one attached hydrogen (secondary N) is 3. The monoisotopic (exact) mass is 348 g/mol. The predicted molar refractivity (Wildman–Crippen MR) is 103 cm³/mol. The lowest BCUT2D eigenvalue weighted by Gasteiger charge is -2.21. The van der Waals surface area contributed by atoms with Crippen LogP contribution < -0.4 is 20.7 Å². The van der Waals surface area contributed by atoms with Crippen LogP contribution in [0.3, 0.4) is 0 Å². The standard InChI is InChI=1S/C19H32N4O2/c1-14(2)13-25-16-9-7-15(8-10-16)11-21-18(20-6)22-12-17(24)23-19(3,4)5/h7-10,14H,11-13H2,1-6H3,(H,23,24)(H2,20,21,22). The van der Waals surface area contributed by atoms with Gasteiger partial charge in [0, 0.05) is 19.1 Å². The molecule has 0 aliphatic rings. The summed E-state index contributed by atoms with van der Waals surface area (Å²) in [5.41, 5.74) is 0.869. The van der Waals surface area contributed by atoms with Gasteiger partial charge < -0.3 is 20.7 Å². The second kappa shape index (κ2) is 9.91. The number of amides is 1. The lowest BCUT2D eigenvalue weighted by molar-refractivity contribution is -0.121. The van der Waals surface area contributed by atoms with Crippen molar-refractivity contribution in [2.75, 3.05) is 20.2 Å². The summed E-state index contributed by atoms with van der Waals surface area (Å²) < 4.78 is 5.67. The summed E-state index contributed by atoms with van der Waals surface area (Å²) in [6, 6.07) is 7.96. The van der Waals surface area contributed by atoms with Gasteiger partial charge in [0.25, 0.3) is 0 Å². The smallest absolute Gasteiger partial charge is 0.239 e. The van der Waals surface area contributed by atoms with Crippen molar-refractivity contribution in [3.05, 3.63) is 29.8 Å². The van der Waals surface area contributed by atoms with Crippen molar-refractivity contribution < 1.29 is 9.53 Å². The lowest BCUT2D eigenvalue weighted by atomic mass is 10.1. The third kappa shape index (κ3) is 9.59. The normalized spacial score (nSPS) is 12.0. The largest absolute Gasteiger partial charge is 0.493 e. The number of ether oxygens (including phenoxy) is 1. The number of hydrogen-bond donors (Lipinski definition) is 3. The van der Waals surface area contributed by atoms with E-state index in [0.717, 1.165) is 11.3 Å². The van der Waals surface area contributed by atoms with Crippen molar-refractivity contribution >= 4 is 11.9 Å². The van der Waals surface area contributed by atoms with Crippen LogP contribution in [0, 0.1) is 5.92 Å². The zero-order chi connectivity index (χ0) is 18.9. The van der Waals surface area contributed by atoms with Gasteiger partial charge in [0.2, 0.25) is 5.91 Å². The van der Waals surface area contributed by atoms with Crippen molar-refractivity contribution in [2.45, 2.75) is 46.7 Å². The van der Waals surface area contributed by atoms with E-state index in [2.05, 4.69) is 34.8 Å². The molecule has 0 saturated carbocycles. The van der Waals surface area contributed by atoms with Gasteiger partial charge in [-0.2, -0.15) is 0 Å². The van der Waals surface area contributed by atoms with Crippen LogP contribution in [-0.4, -0.2) is 37.6 Å². The molecular weight excluding hydrogens is 316 g/mol. The predicted octanol–water partition coefficient (Wildman–Crippen LogP) is 2.30. The Bertz CT molecular complexity index is 560. The minimum Gasteiger partial charge on any atom is -0.493 e. The van der Waals surface area contributed by atoms with Crippen LogP contribution in [0.5, 0.6) is 5.75 Å². The van der Waals surface area contributed by atoms with E-state index in [1.54, 1.807) is 7.05 Å². The number of hydrogen-bond acceptors (Lipinski definition) is 3. The van der Waals surface area contributed by atoms with Crippen molar-refractivity contribution in [2.24, 2.45) is 10.9 Å². The summed E-state index contributed by atoms with van der Waals surface area (Å²) in [5, 5.41) is 9.10. The number of carbonyl (C=O) groups is 1. The Morgan fingerprint density at radius 1 is 1.16 bits per heavy atom. The van der Waals surface area contributed by atoms with Gasteiger partial charge in [-0.1, -0.05) is 26.0 Å². The Balaban J connectivity index is 2.40. The lowest BCUT2D eigenvalue weighted by Crippen LogP contribution is -2.48. The van der Waals surface area contributed by atoms with Gasteiger partial charge in [-0.3, -0.25) is 9.79 Å². The first-order valence-corrected chi connectivity index (χ1v) is 8.67. The van der Waals surface area contributed by atoms with Gasteiger partial charge in [-0.15, -0.1) is 0 Å². The van der Waals surface area contributed by atoms with E-state index in [-0.39, 0.29) is 18.0 Å². The number of rotatable bonds is 7. The molecule has 6 nitrogen and oxygen atoms in total. The van der Waals surface area contributed by atoms with Gasteiger partial charge in [-0.05, 0) is 44.4 Å². The molecule has 0 fully saturated rings. The maximum Gasteiger partial charge on any atom is 0.239 e. The summed E-state index contributed by atoms with van der Waals surface area (Å²) in [6.07, 6.45) is 0. The summed E-state index contributed by atoms with van der Waals surface area (Å²) in [6.45, 7) is 11.6. The zero-order valence-electron chi connectivity index (χ0n) is 16.3. The molecule has 1 amide bonds. The highest BCUT2D eigenvalue weighted by Gasteiger charge is 2.13. The fourth-order valence-electron chi connectivity index (χ4n) is 2.00. The molecule has 0 atom stereocenters. The average molecular weight is 348 g/mol. The molecule has 0 saturated heterocycles. The second-order valence-corrected chi connectivity index (χ2v) is 7.43. The molecule has 3 N–H and O–H groups in total. The van der Waals surface area contributed by atoms with E-state index in [1.807, 2.05) is 45.0 Å². The highest BCUT2D eigenvalue weighted by Crippen LogP contribution is 2.13. The highest BCUT2D eigenvalue weighted by atomic mass is 16.5. The van der Waals surface area contributed by atoms with Gasteiger partial charge >= 0.3 is 0 Å². The van der Waals surface area contributed by atoms with Crippen molar-refractivity contribution in [3.63, 3.8) is 0 Å². The van der Waals surface area contributed by atoms with E-state index < -0.39 is 0 Å². The molecule has 0 aliphatic heterocycles. The van der Waals surface area contributed by atoms with Gasteiger partial charge in [0.05, 0.1) is 13.2 Å². The topological polar surface area (TPSA) is 74.8 Å². The van der Waals surface area contributed by atoms with Crippen LogP contribution in [-0.2, 0) is 11.3 Å². The van der Waals surface area contributed by atoms with Crippen molar-refractivity contribution in [1.29, 1.82) is 0 Å². The number of guanidine groups is 1. The maximum atomic E-state index is 11.8. The summed E-state index contributed by atoms with van der Waals surface area (Å²) >= 11 is 0. The molecule has 0 aliphatic carbocycles. The fourth-order valence-corrected chi connectivity index (χ4v) is 2.00. The van der Waals surface area contributed by atoms with E-state index in [0.29, 0.717) is 25.0 Å². The molecule has 6 heteroatoms. The van der Waals surface area contributed by atoms with E-state index in [1.165, 1.54) is 0 Å². The number of benzene rings is 1. The van der Waals surface area contributed by atoms with Crippen LogP contribution in [0.4, 0.5) is 0 Å². The molecule has 25 heavy (non-hydrogen) atoms. The van der Waals surface area contributed by atoms with Crippen molar-refractivity contribution in [1.82, 2.24) is 16.0 Å². The summed E-state index contributed by atoms with van der Waals surface area (Å²) in [4.78, 5) is 16.0.